The molecule has 0 aliphatic rings. The van der Waals surface area contributed by atoms with E-state index in [-0.39, 0.29) is 16.1 Å². The van der Waals surface area contributed by atoms with E-state index in [9.17, 15) is 4.39 Å². The molecule has 0 saturated heterocycles. The summed E-state index contributed by atoms with van der Waals surface area (Å²) in [6.45, 7) is 1.87. The molecular weight excluding hydrogens is 285 g/mol. The molecule has 0 unspecified atom stereocenters. The van der Waals surface area contributed by atoms with Crippen molar-refractivity contribution in [2.24, 2.45) is 0 Å². The van der Waals surface area contributed by atoms with Crippen molar-refractivity contribution in [3.63, 3.8) is 0 Å². The first kappa shape index (κ1) is 12.6. The van der Waals surface area contributed by atoms with Gasteiger partial charge in [0.25, 0.3) is 0 Å². The summed E-state index contributed by atoms with van der Waals surface area (Å²) in [6.07, 6.45) is 0. The Morgan fingerprint density at radius 1 is 1.06 bits per heavy atom. The summed E-state index contributed by atoms with van der Waals surface area (Å²) in [5, 5.41) is -0.0453. The zero-order valence-corrected chi connectivity index (χ0v) is 10.9. The van der Waals surface area contributed by atoms with Crippen molar-refractivity contribution in [2.75, 3.05) is 0 Å². The topological polar surface area (TPSA) is 25.8 Å². The molecule has 2 nitrogen and oxygen atoms in total. The van der Waals surface area contributed by atoms with E-state index in [1.54, 1.807) is 12.1 Å². The normalized spacial score (nSPS) is 10.6. The summed E-state index contributed by atoms with van der Waals surface area (Å²) in [6, 6.07) is 5.25. The number of halogens is 4. The van der Waals surface area contributed by atoms with Crippen LogP contribution in [0.5, 0.6) is 0 Å². The highest BCUT2D eigenvalue weighted by Crippen LogP contribution is 2.26. The minimum atomic E-state index is -0.824. The van der Waals surface area contributed by atoms with Gasteiger partial charge < -0.3 is 0 Å². The fraction of sp³-hybridized carbons (Fsp3) is 0.0909. The largest absolute Gasteiger partial charge is 0.213 e. The van der Waals surface area contributed by atoms with E-state index in [0.717, 1.165) is 5.56 Å². The van der Waals surface area contributed by atoms with Crippen LogP contribution < -0.4 is 0 Å². The lowest BCUT2D eigenvalue weighted by Crippen LogP contribution is -1.94. The SMILES string of the molecule is Cc1ccc(-c2nc(Cl)c(F)c(Cl)n2)cc1Cl. The van der Waals surface area contributed by atoms with Gasteiger partial charge in [-0.3, -0.25) is 0 Å². The van der Waals surface area contributed by atoms with Gasteiger partial charge in [-0.15, -0.1) is 0 Å². The van der Waals surface area contributed by atoms with E-state index < -0.39 is 5.82 Å². The van der Waals surface area contributed by atoms with Crippen LogP contribution in [-0.4, -0.2) is 9.97 Å². The second kappa shape index (κ2) is 4.77. The van der Waals surface area contributed by atoms with Crippen molar-refractivity contribution >= 4 is 34.8 Å². The predicted molar refractivity (Wildman–Crippen MR) is 67.2 cm³/mol. The van der Waals surface area contributed by atoms with E-state index in [1.807, 2.05) is 13.0 Å². The van der Waals surface area contributed by atoms with E-state index >= 15 is 0 Å². The van der Waals surface area contributed by atoms with Crippen molar-refractivity contribution in [2.45, 2.75) is 6.92 Å². The van der Waals surface area contributed by atoms with Crippen LogP contribution >= 0.6 is 34.8 Å². The minimum absolute atomic E-state index is 0.239. The van der Waals surface area contributed by atoms with Crippen molar-refractivity contribution < 1.29 is 4.39 Å². The predicted octanol–water partition coefficient (Wildman–Crippen LogP) is 4.55. The summed E-state index contributed by atoms with van der Waals surface area (Å²) in [5.41, 5.74) is 1.55. The first-order chi connectivity index (χ1) is 7.99. The zero-order chi connectivity index (χ0) is 12.6. The second-order valence-corrected chi connectivity index (χ2v) is 4.53. The number of benzene rings is 1. The quantitative estimate of drug-likeness (QED) is 0.720. The monoisotopic (exact) mass is 290 g/mol. The molecule has 0 radical (unpaired) electrons. The van der Waals surface area contributed by atoms with Gasteiger partial charge >= 0.3 is 0 Å². The molecule has 0 aliphatic carbocycles. The summed E-state index contributed by atoms with van der Waals surface area (Å²) in [4.78, 5) is 7.62. The molecule has 88 valence electrons. The van der Waals surface area contributed by atoms with Gasteiger partial charge in [0.15, 0.2) is 21.9 Å². The number of aromatic nitrogens is 2. The third kappa shape index (κ3) is 2.51. The van der Waals surface area contributed by atoms with Gasteiger partial charge in [0.05, 0.1) is 0 Å². The van der Waals surface area contributed by atoms with Crippen LogP contribution in [0.3, 0.4) is 0 Å². The Kier molecular flexibility index (Phi) is 3.52. The smallest absolute Gasteiger partial charge is 0.197 e. The van der Waals surface area contributed by atoms with Crippen LogP contribution in [0.4, 0.5) is 4.39 Å². The lowest BCUT2D eigenvalue weighted by atomic mass is 10.1. The van der Waals surface area contributed by atoms with E-state index in [4.69, 9.17) is 34.8 Å². The van der Waals surface area contributed by atoms with E-state index in [2.05, 4.69) is 9.97 Å². The summed E-state index contributed by atoms with van der Waals surface area (Å²) in [7, 11) is 0. The summed E-state index contributed by atoms with van der Waals surface area (Å²) < 4.78 is 13.2. The Hall–Kier alpha value is -0.900. The minimum Gasteiger partial charge on any atom is -0.213 e. The second-order valence-electron chi connectivity index (χ2n) is 3.41. The molecule has 2 aromatic rings. The zero-order valence-electron chi connectivity index (χ0n) is 8.64. The third-order valence-corrected chi connectivity index (χ3v) is 3.11. The van der Waals surface area contributed by atoms with Crippen LogP contribution in [0.15, 0.2) is 18.2 Å². The maximum Gasteiger partial charge on any atom is 0.197 e. The molecule has 0 bridgehead atoms. The number of rotatable bonds is 1. The molecule has 0 aliphatic heterocycles. The highest BCUT2D eigenvalue weighted by Gasteiger charge is 2.12. The van der Waals surface area contributed by atoms with Gasteiger partial charge in [0.2, 0.25) is 0 Å². The first-order valence-electron chi connectivity index (χ1n) is 4.64. The number of hydrogen-bond acceptors (Lipinski definition) is 2. The Balaban J connectivity index is 2.57. The first-order valence-corrected chi connectivity index (χ1v) is 5.77. The van der Waals surface area contributed by atoms with Crippen molar-refractivity contribution in [3.05, 3.63) is 44.9 Å². The molecule has 0 N–H and O–H groups in total. The number of aryl methyl sites for hydroxylation is 1. The molecule has 0 spiro atoms. The average molecular weight is 292 g/mol. The number of nitrogens with zero attached hydrogens (tertiary/aromatic N) is 2. The van der Waals surface area contributed by atoms with E-state index in [0.29, 0.717) is 10.6 Å². The molecule has 1 aromatic carbocycles. The highest BCUT2D eigenvalue weighted by atomic mass is 35.5. The molecule has 1 aromatic heterocycles. The molecular formula is C11H6Cl3FN2. The molecule has 6 heteroatoms. The Morgan fingerprint density at radius 2 is 1.65 bits per heavy atom. The maximum atomic E-state index is 13.2. The van der Waals surface area contributed by atoms with Crippen LogP contribution in [0.1, 0.15) is 5.56 Å². The Morgan fingerprint density at radius 3 is 2.18 bits per heavy atom. The molecule has 0 amide bonds. The van der Waals surface area contributed by atoms with Crippen LogP contribution in [0.2, 0.25) is 15.3 Å². The van der Waals surface area contributed by atoms with Crippen molar-refractivity contribution in [3.8, 4) is 11.4 Å². The maximum absolute atomic E-state index is 13.2. The van der Waals surface area contributed by atoms with Crippen LogP contribution in [0, 0.1) is 12.7 Å². The lowest BCUT2D eigenvalue weighted by molar-refractivity contribution is 0.615. The van der Waals surface area contributed by atoms with Gasteiger partial charge in [-0.1, -0.05) is 46.9 Å². The van der Waals surface area contributed by atoms with Crippen molar-refractivity contribution in [1.29, 1.82) is 0 Å². The fourth-order valence-electron chi connectivity index (χ4n) is 1.26. The van der Waals surface area contributed by atoms with Gasteiger partial charge in [0.1, 0.15) is 0 Å². The van der Waals surface area contributed by atoms with Crippen LogP contribution in [-0.2, 0) is 0 Å². The standard InChI is InChI=1S/C11H6Cl3FN2/c1-5-2-3-6(4-7(5)12)11-16-9(13)8(15)10(14)17-11/h2-4H,1H3. The Labute approximate surface area is 112 Å². The number of hydrogen-bond donors (Lipinski definition) is 0. The molecule has 0 atom stereocenters. The lowest BCUT2D eigenvalue weighted by Gasteiger charge is -2.04. The van der Waals surface area contributed by atoms with Gasteiger partial charge in [-0.05, 0) is 18.6 Å². The molecule has 2 rings (SSSR count). The van der Waals surface area contributed by atoms with Crippen molar-refractivity contribution in [1.82, 2.24) is 9.97 Å². The molecule has 17 heavy (non-hydrogen) atoms. The fourth-order valence-corrected chi connectivity index (χ4v) is 1.82. The summed E-state index contributed by atoms with van der Waals surface area (Å²) in [5.74, 6) is -0.585. The highest BCUT2D eigenvalue weighted by molar-refractivity contribution is 6.33. The van der Waals surface area contributed by atoms with Gasteiger partial charge in [-0.2, -0.15) is 0 Å². The molecule has 0 fully saturated rings. The summed E-state index contributed by atoms with van der Waals surface area (Å²) >= 11 is 17.2. The van der Waals surface area contributed by atoms with Gasteiger partial charge in [0, 0.05) is 10.6 Å². The molecule has 1 heterocycles. The Bertz CT molecular complexity index is 564. The average Bonchev–Trinajstić information content (AvgIpc) is 2.29. The molecule has 0 saturated carbocycles. The van der Waals surface area contributed by atoms with E-state index in [1.165, 1.54) is 0 Å². The van der Waals surface area contributed by atoms with Crippen LogP contribution in [0.25, 0.3) is 11.4 Å². The van der Waals surface area contributed by atoms with Gasteiger partial charge in [-0.25, -0.2) is 14.4 Å². The third-order valence-electron chi connectivity index (χ3n) is 2.20.